The molecule has 12 heteroatoms. The molecule has 0 bridgehead atoms. The van der Waals surface area contributed by atoms with Gasteiger partial charge in [-0.2, -0.15) is 5.26 Å². The van der Waals surface area contributed by atoms with Crippen molar-refractivity contribution in [2.75, 3.05) is 18.6 Å². The minimum atomic E-state index is -0.751. The number of ether oxygens (including phenoxy) is 1. The van der Waals surface area contributed by atoms with Crippen LogP contribution in [0.5, 0.6) is 5.75 Å². The van der Waals surface area contributed by atoms with E-state index in [1.807, 2.05) is 6.07 Å². The van der Waals surface area contributed by atoms with Crippen molar-refractivity contribution in [3.05, 3.63) is 57.1 Å². The number of pyridine rings is 1. The zero-order valence-corrected chi connectivity index (χ0v) is 20.0. The summed E-state index contributed by atoms with van der Waals surface area (Å²) in [6, 6.07) is 3.28. The van der Waals surface area contributed by atoms with E-state index in [4.69, 9.17) is 44.8 Å². The van der Waals surface area contributed by atoms with Gasteiger partial charge in [-0.3, -0.25) is 9.78 Å². The molecule has 2 aromatic rings. The van der Waals surface area contributed by atoms with E-state index < -0.39 is 29.0 Å². The van der Waals surface area contributed by atoms with E-state index in [9.17, 15) is 14.0 Å². The molecule has 3 amide bonds. The van der Waals surface area contributed by atoms with E-state index in [2.05, 4.69) is 4.98 Å². The van der Waals surface area contributed by atoms with E-state index in [1.54, 1.807) is 6.08 Å². The minimum Gasteiger partial charge on any atom is -0.494 e. The van der Waals surface area contributed by atoms with Crippen molar-refractivity contribution in [3.8, 4) is 11.8 Å². The van der Waals surface area contributed by atoms with Gasteiger partial charge in [0.05, 0.1) is 52.6 Å². The van der Waals surface area contributed by atoms with Crippen molar-refractivity contribution in [1.29, 1.82) is 5.26 Å². The van der Waals surface area contributed by atoms with Crippen LogP contribution in [-0.2, 0) is 4.79 Å². The number of hydrogen-bond donors (Lipinski definition) is 0. The van der Waals surface area contributed by atoms with Crippen LogP contribution >= 0.6 is 46.6 Å². The van der Waals surface area contributed by atoms with Gasteiger partial charge in [0.25, 0.3) is 5.91 Å². The number of nitriles is 1. The van der Waals surface area contributed by atoms with Crippen molar-refractivity contribution >= 4 is 69.1 Å². The maximum atomic E-state index is 14.0. The van der Waals surface area contributed by atoms with Crippen molar-refractivity contribution in [2.45, 2.75) is 17.7 Å². The van der Waals surface area contributed by atoms with Crippen LogP contribution in [0.25, 0.3) is 4.91 Å². The van der Waals surface area contributed by atoms with Crippen LogP contribution in [-0.4, -0.2) is 46.8 Å². The number of nitrogens with zero attached hydrogens (tertiary/aromatic N) is 4. The molecule has 0 N–H and O–H groups in total. The molecule has 1 fully saturated rings. The first-order chi connectivity index (χ1) is 15.8. The molecule has 7 nitrogen and oxygen atoms in total. The second-order valence-electron chi connectivity index (χ2n) is 7.04. The number of rotatable bonds is 5. The number of aromatic nitrogens is 1. The summed E-state index contributed by atoms with van der Waals surface area (Å²) in [6.45, 7) is 0.0801. The topological polar surface area (TPSA) is 86.5 Å². The molecular formula is C21H14Cl3FN4O3S. The number of thioether (sulfide) groups is 1. The van der Waals surface area contributed by atoms with Gasteiger partial charge < -0.3 is 9.64 Å². The molecule has 1 aromatic carbocycles. The molecule has 0 spiro atoms. The predicted molar refractivity (Wildman–Crippen MR) is 125 cm³/mol. The first-order valence-corrected chi connectivity index (χ1v) is 11.5. The Kier molecular flexibility index (Phi) is 6.73. The molecule has 1 saturated heterocycles. The summed E-state index contributed by atoms with van der Waals surface area (Å²) in [5.74, 6) is -1.15. The van der Waals surface area contributed by atoms with Gasteiger partial charge in [-0.05, 0) is 18.2 Å². The highest BCUT2D eigenvalue weighted by atomic mass is 35.5. The fourth-order valence-electron chi connectivity index (χ4n) is 3.65. The maximum Gasteiger partial charge on any atom is 0.332 e. The Balaban J connectivity index is 1.78. The van der Waals surface area contributed by atoms with Gasteiger partial charge in [0.2, 0.25) is 0 Å². The number of hydrogen-bond acceptors (Lipinski definition) is 6. The molecule has 33 heavy (non-hydrogen) atoms. The lowest BCUT2D eigenvalue weighted by atomic mass is 10.0. The minimum absolute atomic E-state index is 0.00655. The SMILES string of the molecule is COc1cc(C2=CC3C(S2)C(=O)N(c2cncc(Cl)c2Cl)C(=O)N3CCC#N)c(Cl)cc1F. The van der Waals surface area contributed by atoms with E-state index >= 15 is 0 Å². The number of amides is 3. The van der Waals surface area contributed by atoms with Crippen LogP contribution in [0.15, 0.2) is 30.6 Å². The van der Waals surface area contributed by atoms with Crippen molar-refractivity contribution < 1.29 is 18.7 Å². The van der Waals surface area contributed by atoms with Crippen LogP contribution in [0.2, 0.25) is 15.1 Å². The van der Waals surface area contributed by atoms with E-state index in [0.717, 1.165) is 11.0 Å². The number of carbonyl (C=O) groups excluding carboxylic acids is 2. The molecule has 2 unspecified atom stereocenters. The van der Waals surface area contributed by atoms with Gasteiger partial charge in [0, 0.05) is 23.2 Å². The summed E-state index contributed by atoms with van der Waals surface area (Å²) < 4.78 is 19.1. The number of carbonyl (C=O) groups is 2. The number of methoxy groups -OCH3 is 1. The van der Waals surface area contributed by atoms with Crippen LogP contribution < -0.4 is 9.64 Å². The van der Waals surface area contributed by atoms with Gasteiger partial charge in [-0.1, -0.05) is 34.8 Å². The van der Waals surface area contributed by atoms with E-state index in [0.29, 0.717) is 10.5 Å². The monoisotopic (exact) mass is 526 g/mol. The number of benzene rings is 1. The first kappa shape index (κ1) is 23.6. The smallest absolute Gasteiger partial charge is 0.332 e. The van der Waals surface area contributed by atoms with Gasteiger partial charge in [0.15, 0.2) is 11.6 Å². The first-order valence-electron chi connectivity index (χ1n) is 9.50. The Labute approximate surface area is 207 Å². The highest BCUT2D eigenvalue weighted by Gasteiger charge is 2.50. The largest absolute Gasteiger partial charge is 0.494 e. The maximum absolute atomic E-state index is 14.0. The van der Waals surface area contributed by atoms with Crippen LogP contribution in [0.4, 0.5) is 14.9 Å². The van der Waals surface area contributed by atoms with Crippen LogP contribution in [0, 0.1) is 17.1 Å². The van der Waals surface area contributed by atoms with Gasteiger partial charge in [-0.25, -0.2) is 14.1 Å². The zero-order chi connectivity index (χ0) is 23.9. The Morgan fingerprint density at radius 1 is 1.24 bits per heavy atom. The Hall–Kier alpha value is -2.51. The number of urea groups is 1. The molecule has 0 aliphatic carbocycles. The standard InChI is InChI=1S/C21H14Cl3FN4O3S/c1-32-16-5-10(11(22)6-13(16)25)17-7-14-19(33-17)20(30)29(21(31)28(14)4-2-3-26)15-9-27-8-12(23)18(15)24/h5-9,14,19H,2,4H2,1H3. The van der Waals surface area contributed by atoms with Crippen molar-refractivity contribution in [1.82, 2.24) is 9.88 Å². The van der Waals surface area contributed by atoms with E-state index in [1.165, 1.54) is 42.2 Å². The molecule has 2 atom stereocenters. The van der Waals surface area contributed by atoms with Gasteiger partial charge in [0.1, 0.15) is 5.25 Å². The molecule has 2 aliphatic heterocycles. The molecule has 2 aliphatic rings. The average Bonchev–Trinajstić information content (AvgIpc) is 3.22. The average molecular weight is 528 g/mol. The molecule has 4 rings (SSSR count). The fourth-order valence-corrected chi connectivity index (χ4v) is 5.65. The lowest BCUT2D eigenvalue weighted by Crippen LogP contribution is -2.62. The molecule has 0 saturated carbocycles. The van der Waals surface area contributed by atoms with Crippen LogP contribution in [0.1, 0.15) is 12.0 Å². The molecule has 170 valence electrons. The van der Waals surface area contributed by atoms with Gasteiger partial charge >= 0.3 is 6.03 Å². The zero-order valence-electron chi connectivity index (χ0n) is 16.9. The number of imide groups is 1. The summed E-state index contributed by atoms with van der Waals surface area (Å²) in [6.07, 6.45) is 4.35. The summed E-state index contributed by atoms with van der Waals surface area (Å²) >= 11 is 19.8. The third-order valence-electron chi connectivity index (χ3n) is 5.18. The number of fused-ring (bicyclic) bond motifs is 1. The second kappa shape index (κ2) is 9.39. The lowest BCUT2D eigenvalue weighted by Gasteiger charge is -2.41. The molecule has 1 aromatic heterocycles. The molecular weight excluding hydrogens is 514 g/mol. The predicted octanol–water partition coefficient (Wildman–Crippen LogP) is 5.40. The molecule has 0 radical (unpaired) electrons. The summed E-state index contributed by atoms with van der Waals surface area (Å²) in [7, 11) is 1.33. The fraction of sp³-hybridized carbons (Fsp3) is 0.238. The Bertz CT molecular complexity index is 1240. The van der Waals surface area contributed by atoms with Crippen LogP contribution in [0.3, 0.4) is 0 Å². The highest BCUT2D eigenvalue weighted by Crippen LogP contribution is 2.48. The number of halogens is 4. The van der Waals surface area contributed by atoms with Crippen molar-refractivity contribution in [3.63, 3.8) is 0 Å². The lowest BCUT2D eigenvalue weighted by molar-refractivity contribution is -0.119. The van der Waals surface area contributed by atoms with Crippen molar-refractivity contribution in [2.24, 2.45) is 0 Å². The summed E-state index contributed by atoms with van der Waals surface area (Å²) in [4.78, 5) is 33.7. The quantitative estimate of drug-likeness (QED) is 0.518. The molecule has 3 heterocycles. The summed E-state index contributed by atoms with van der Waals surface area (Å²) in [5.41, 5.74) is 0.513. The van der Waals surface area contributed by atoms with E-state index in [-0.39, 0.29) is 39.5 Å². The second-order valence-corrected chi connectivity index (χ2v) is 9.41. The Morgan fingerprint density at radius 3 is 2.70 bits per heavy atom. The third-order valence-corrected chi connectivity index (χ3v) is 7.62. The normalized spacial score (nSPS) is 19.9. The van der Waals surface area contributed by atoms with Gasteiger partial charge in [-0.15, -0.1) is 11.8 Å². The highest BCUT2D eigenvalue weighted by molar-refractivity contribution is 8.09. The third kappa shape index (κ3) is 4.13. The summed E-state index contributed by atoms with van der Waals surface area (Å²) in [5, 5.41) is 8.56. The Morgan fingerprint density at radius 2 is 2.00 bits per heavy atom. The number of anilines is 1.